The highest BCUT2D eigenvalue weighted by Crippen LogP contribution is 2.49. The van der Waals surface area contributed by atoms with Crippen LogP contribution >= 0.6 is 0 Å². The maximum Gasteiger partial charge on any atom is 0.252 e. The van der Waals surface area contributed by atoms with Gasteiger partial charge in [-0.05, 0) is 130 Å². The van der Waals surface area contributed by atoms with Gasteiger partial charge < -0.3 is 20.4 Å². The minimum atomic E-state index is 0.0364. The smallest absolute Gasteiger partial charge is 0.252 e. The van der Waals surface area contributed by atoms with E-state index in [2.05, 4.69) is 227 Å². The Balaban J connectivity index is 1.13. The molecule has 4 nitrogen and oxygen atoms in total. The van der Waals surface area contributed by atoms with E-state index in [4.69, 9.17) is 0 Å². The van der Waals surface area contributed by atoms with Crippen LogP contribution in [0.2, 0.25) is 0 Å². The number of allylic oxidation sites excluding steroid dienone is 8. The fourth-order valence-electron chi connectivity index (χ4n) is 12.1. The van der Waals surface area contributed by atoms with E-state index in [-0.39, 0.29) is 6.71 Å². The number of benzene rings is 8. The average Bonchev–Trinajstić information content (AvgIpc) is 3.39. The van der Waals surface area contributed by atoms with Crippen LogP contribution in [0.4, 0.5) is 56.9 Å². The van der Waals surface area contributed by atoms with Crippen LogP contribution in [-0.4, -0.2) is 21.3 Å². The molecule has 8 aromatic carbocycles. The van der Waals surface area contributed by atoms with Crippen molar-refractivity contribution in [3.63, 3.8) is 0 Å². The third-order valence-electron chi connectivity index (χ3n) is 15.0. The summed E-state index contributed by atoms with van der Waals surface area (Å²) < 4.78 is 0. The summed E-state index contributed by atoms with van der Waals surface area (Å²) in [5.74, 6) is 0.323. The number of anilines is 10. The first-order valence-corrected chi connectivity index (χ1v) is 24.0. The van der Waals surface area contributed by atoms with Crippen molar-refractivity contribution in [1.82, 2.24) is 0 Å². The summed E-state index contributed by atoms with van der Waals surface area (Å²) >= 11 is 0. The molecule has 0 aromatic heterocycles. The molecule has 0 fully saturated rings. The fraction of sp³-hybridized carbons (Fsp3) is 0.0667. The first kappa shape index (κ1) is 38.4. The quantitative estimate of drug-likeness (QED) is 0.157. The molecule has 0 saturated heterocycles. The van der Waals surface area contributed by atoms with Crippen molar-refractivity contribution in [2.24, 2.45) is 0 Å². The Bertz CT molecular complexity index is 3420. The van der Waals surface area contributed by atoms with Crippen LogP contribution < -0.4 is 58.7 Å². The molecule has 0 radical (unpaired) electrons. The maximum atomic E-state index is 3.96. The minimum absolute atomic E-state index is 0.0364. The number of rotatable bonds is 7. The topological polar surface area (TPSA) is 30.5 Å². The van der Waals surface area contributed by atoms with Crippen molar-refractivity contribution >= 4 is 122 Å². The van der Waals surface area contributed by atoms with E-state index in [1.54, 1.807) is 0 Å². The van der Waals surface area contributed by atoms with E-state index in [0.29, 0.717) is 5.92 Å². The molecule has 4 aliphatic heterocycles. The Labute approximate surface area is 394 Å². The third-order valence-corrected chi connectivity index (χ3v) is 15.0. The molecule has 14 rings (SSSR count). The molecule has 2 aliphatic carbocycles. The van der Waals surface area contributed by atoms with Gasteiger partial charge in [0.15, 0.2) is 14.6 Å². The second kappa shape index (κ2) is 15.4. The SMILES string of the molecule is B1c2ccccc2N2c3cc(C4=CC=CCC4)ccc3B3c4ccc(C5C=CC=CC5)cc4N4c5ccccc5Bc5c(-c6c(Nc7ccccc7)cccc6Nc6ccccc6)c1c2c3c54. The van der Waals surface area contributed by atoms with Crippen LogP contribution in [-0.2, 0) is 0 Å². The molecule has 4 heterocycles. The summed E-state index contributed by atoms with van der Waals surface area (Å²) in [6.45, 7) is 0.0364. The van der Waals surface area contributed by atoms with Gasteiger partial charge in [0.25, 0.3) is 6.71 Å². The van der Waals surface area contributed by atoms with Crippen molar-refractivity contribution < 1.29 is 0 Å². The molecule has 7 heteroatoms. The van der Waals surface area contributed by atoms with Crippen LogP contribution in [0.3, 0.4) is 0 Å². The zero-order valence-corrected chi connectivity index (χ0v) is 37.2. The lowest BCUT2D eigenvalue weighted by molar-refractivity contribution is 0.854. The maximum absolute atomic E-state index is 3.96. The van der Waals surface area contributed by atoms with Crippen LogP contribution in [0.15, 0.2) is 206 Å². The van der Waals surface area contributed by atoms with Crippen molar-refractivity contribution in [1.29, 1.82) is 0 Å². The lowest BCUT2D eigenvalue weighted by Gasteiger charge is -2.50. The first-order valence-electron chi connectivity index (χ1n) is 24.0. The summed E-state index contributed by atoms with van der Waals surface area (Å²) in [6, 6.07) is 61.3. The Morgan fingerprint density at radius 2 is 1.13 bits per heavy atom. The van der Waals surface area contributed by atoms with Crippen molar-refractivity contribution in [3.05, 3.63) is 217 Å². The van der Waals surface area contributed by atoms with Gasteiger partial charge >= 0.3 is 0 Å². The molecule has 0 saturated carbocycles. The second-order valence-corrected chi connectivity index (χ2v) is 18.8. The predicted molar refractivity (Wildman–Crippen MR) is 290 cm³/mol. The molecule has 2 N–H and O–H groups in total. The zero-order chi connectivity index (χ0) is 44.0. The summed E-state index contributed by atoms with van der Waals surface area (Å²) in [5, 5.41) is 7.93. The molecular formula is C60H45B3N4. The predicted octanol–water partition coefficient (Wildman–Crippen LogP) is 9.66. The Morgan fingerprint density at radius 3 is 1.75 bits per heavy atom. The van der Waals surface area contributed by atoms with Gasteiger partial charge in [0.2, 0.25) is 0 Å². The van der Waals surface area contributed by atoms with Crippen LogP contribution in [0.1, 0.15) is 36.3 Å². The standard InChI is InChI=1S/C60H45B3N4/c1-5-18-38(19-6-1)40-32-34-46-52(36-40)66-50-30-15-13-26-44(50)61-56-55(54-48(64-42-22-9-3-10-23-42)28-17-29-49(54)65-43-24-11-4-12-25-43)57-60-58(59(56)66)63(46)47-35-33-41(39-20-7-2-8-21-39)37-53(47)67(60)51-31-16-14-27-45(51)62-57/h1-7,9-18,20,22-38,61-62,64-65H,8,19,21H2. The van der Waals surface area contributed by atoms with Gasteiger partial charge in [-0.1, -0.05) is 157 Å². The van der Waals surface area contributed by atoms with Crippen molar-refractivity contribution in [2.75, 3.05) is 20.4 Å². The first-order chi connectivity index (χ1) is 33.2. The zero-order valence-electron chi connectivity index (χ0n) is 37.2. The van der Waals surface area contributed by atoms with Gasteiger partial charge in [-0.25, -0.2) is 0 Å². The fourth-order valence-corrected chi connectivity index (χ4v) is 12.1. The molecule has 1 atom stereocenters. The van der Waals surface area contributed by atoms with E-state index in [1.807, 2.05) is 0 Å². The molecule has 8 aromatic rings. The van der Waals surface area contributed by atoms with Gasteiger partial charge in [0.1, 0.15) is 0 Å². The Kier molecular flexibility index (Phi) is 8.80. The van der Waals surface area contributed by atoms with Crippen LogP contribution in [0.25, 0.3) is 16.7 Å². The molecule has 0 amide bonds. The molecule has 6 aliphatic rings. The van der Waals surface area contributed by atoms with E-state index in [9.17, 15) is 0 Å². The summed E-state index contributed by atoms with van der Waals surface area (Å²) in [7, 11) is 1.63. The Hall–Kier alpha value is -7.89. The average molecular weight is 854 g/mol. The monoisotopic (exact) mass is 854 g/mol. The van der Waals surface area contributed by atoms with Gasteiger partial charge in [-0.15, -0.1) is 0 Å². The number of hydrogen-bond acceptors (Lipinski definition) is 4. The lowest BCUT2D eigenvalue weighted by Crippen LogP contribution is -2.67. The minimum Gasteiger partial charge on any atom is -0.355 e. The highest BCUT2D eigenvalue weighted by molar-refractivity contribution is 7.02. The molecule has 67 heavy (non-hydrogen) atoms. The molecule has 0 bridgehead atoms. The molecule has 314 valence electrons. The van der Waals surface area contributed by atoms with E-state index in [0.717, 1.165) is 56.6 Å². The van der Waals surface area contributed by atoms with E-state index in [1.165, 1.54) is 100 Å². The van der Waals surface area contributed by atoms with E-state index < -0.39 is 0 Å². The van der Waals surface area contributed by atoms with Crippen molar-refractivity contribution in [2.45, 2.75) is 25.2 Å². The molecular weight excluding hydrogens is 809 g/mol. The van der Waals surface area contributed by atoms with Gasteiger partial charge in [0, 0.05) is 68.4 Å². The number of fused-ring (bicyclic) bond motifs is 10. The highest BCUT2D eigenvalue weighted by Gasteiger charge is 2.49. The van der Waals surface area contributed by atoms with Gasteiger partial charge in [-0.2, -0.15) is 0 Å². The summed E-state index contributed by atoms with van der Waals surface area (Å²) in [6.07, 6.45) is 19.1. The number of nitrogens with zero attached hydrogens (tertiary/aromatic N) is 2. The number of para-hydroxylation sites is 4. The lowest BCUT2D eigenvalue weighted by atomic mass is 9.31. The van der Waals surface area contributed by atoms with Crippen LogP contribution in [0, 0.1) is 0 Å². The number of hydrogen-bond donors (Lipinski definition) is 2. The summed E-state index contributed by atoms with van der Waals surface area (Å²) in [5.41, 5.74) is 28.2. The normalized spacial score (nSPS) is 16.1. The Morgan fingerprint density at radius 1 is 0.522 bits per heavy atom. The van der Waals surface area contributed by atoms with Gasteiger partial charge in [0.05, 0.1) is 0 Å². The number of nitrogens with one attached hydrogen (secondary N) is 2. The second-order valence-electron chi connectivity index (χ2n) is 18.8. The van der Waals surface area contributed by atoms with Crippen LogP contribution in [0.5, 0.6) is 0 Å². The highest BCUT2D eigenvalue weighted by atomic mass is 15.2. The molecule has 1 unspecified atom stereocenters. The van der Waals surface area contributed by atoms with E-state index >= 15 is 0 Å². The van der Waals surface area contributed by atoms with Gasteiger partial charge in [-0.3, -0.25) is 0 Å². The van der Waals surface area contributed by atoms with Crippen molar-refractivity contribution in [3.8, 4) is 11.1 Å². The largest absolute Gasteiger partial charge is 0.355 e. The third kappa shape index (κ3) is 6.04. The summed E-state index contributed by atoms with van der Waals surface area (Å²) in [4.78, 5) is 5.36. The molecule has 0 spiro atoms.